The first kappa shape index (κ1) is 21.8. The quantitative estimate of drug-likeness (QED) is 0.559. The maximum atomic E-state index is 13.8. The second-order valence-electron chi connectivity index (χ2n) is 7.53. The predicted molar refractivity (Wildman–Crippen MR) is 117 cm³/mol. The summed E-state index contributed by atoms with van der Waals surface area (Å²) in [7, 11) is 1.61. The first-order chi connectivity index (χ1) is 15.5. The minimum absolute atomic E-state index is 0.0709. The number of carbonyl (C=O) groups is 1. The van der Waals surface area contributed by atoms with Crippen LogP contribution < -0.4 is 9.47 Å². The molecule has 0 aliphatic carbocycles. The highest BCUT2D eigenvalue weighted by molar-refractivity contribution is 5.76. The van der Waals surface area contributed by atoms with Crippen LogP contribution in [0.3, 0.4) is 0 Å². The number of nitrogens with zero attached hydrogens (tertiary/aromatic N) is 3. The third-order valence-corrected chi connectivity index (χ3v) is 5.42. The van der Waals surface area contributed by atoms with Crippen LogP contribution in [0.4, 0.5) is 4.39 Å². The fourth-order valence-corrected chi connectivity index (χ4v) is 3.67. The summed E-state index contributed by atoms with van der Waals surface area (Å²) in [6.07, 6.45) is 0.789. The van der Waals surface area contributed by atoms with Crippen molar-refractivity contribution in [3.05, 3.63) is 65.6 Å². The second-order valence-corrected chi connectivity index (χ2v) is 7.53. The summed E-state index contributed by atoms with van der Waals surface area (Å²) in [5.41, 5.74) is 2.33. The highest BCUT2D eigenvalue weighted by atomic mass is 19.1. The highest BCUT2D eigenvalue weighted by Crippen LogP contribution is 2.32. The lowest BCUT2D eigenvalue weighted by Crippen LogP contribution is -2.40. The number of carbonyl (C=O) groups excluding carboxylic acids is 1. The Balaban J connectivity index is 1.64. The van der Waals surface area contributed by atoms with Crippen molar-refractivity contribution in [3.63, 3.8) is 0 Å². The number of aromatic nitrogens is 2. The smallest absolute Gasteiger partial charge is 0.226 e. The van der Waals surface area contributed by atoms with Crippen molar-refractivity contribution < 1.29 is 23.4 Å². The Morgan fingerprint density at radius 2 is 1.88 bits per heavy atom. The van der Waals surface area contributed by atoms with E-state index in [-0.39, 0.29) is 5.91 Å². The molecule has 3 aromatic rings. The molecule has 2 aromatic carbocycles. The number of hydrogen-bond acceptors (Lipinski definition) is 5. The fourth-order valence-electron chi connectivity index (χ4n) is 3.67. The minimum Gasteiger partial charge on any atom is -0.497 e. The van der Waals surface area contributed by atoms with Crippen LogP contribution in [0.15, 0.2) is 48.5 Å². The average Bonchev–Trinajstić information content (AvgIpc) is 3.13. The van der Waals surface area contributed by atoms with Gasteiger partial charge in [0.25, 0.3) is 0 Å². The van der Waals surface area contributed by atoms with Crippen LogP contribution in [0, 0.1) is 12.7 Å². The van der Waals surface area contributed by atoms with Gasteiger partial charge in [0.05, 0.1) is 31.7 Å². The monoisotopic (exact) mass is 439 g/mol. The molecule has 1 aromatic heterocycles. The minimum atomic E-state index is -0.390. The molecule has 0 saturated carbocycles. The maximum Gasteiger partial charge on any atom is 0.226 e. The number of benzene rings is 2. The number of methoxy groups -OCH3 is 1. The van der Waals surface area contributed by atoms with E-state index in [0.717, 1.165) is 22.7 Å². The van der Waals surface area contributed by atoms with Crippen molar-refractivity contribution >= 4 is 5.91 Å². The van der Waals surface area contributed by atoms with E-state index in [9.17, 15) is 9.18 Å². The summed E-state index contributed by atoms with van der Waals surface area (Å²) >= 11 is 0. The van der Waals surface area contributed by atoms with Crippen LogP contribution in [0.2, 0.25) is 0 Å². The molecule has 1 amide bonds. The van der Waals surface area contributed by atoms with Crippen molar-refractivity contribution in [1.82, 2.24) is 14.7 Å². The van der Waals surface area contributed by atoms with Crippen molar-refractivity contribution in [3.8, 4) is 23.1 Å². The predicted octanol–water partition coefficient (Wildman–Crippen LogP) is 3.91. The van der Waals surface area contributed by atoms with E-state index in [1.54, 1.807) is 23.9 Å². The normalized spacial score (nSPS) is 13.8. The highest BCUT2D eigenvalue weighted by Gasteiger charge is 2.22. The van der Waals surface area contributed by atoms with Gasteiger partial charge in [-0.1, -0.05) is 6.07 Å². The molecule has 0 radical (unpaired) electrons. The van der Waals surface area contributed by atoms with E-state index < -0.39 is 5.82 Å². The van der Waals surface area contributed by atoms with Crippen LogP contribution in [0.25, 0.3) is 5.69 Å². The van der Waals surface area contributed by atoms with Crippen LogP contribution in [-0.4, -0.2) is 54.0 Å². The molecule has 1 saturated heterocycles. The first-order valence-electron chi connectivity index (χ1n) is 10.6. The molecule has 0 unspecified atom stereocenters. The molecule has 1 aliphatic rings. The number of morpholine rings is 1. The zero-order valence-electron chi connectivity index (χ0n) is 18.2. The van der Waals surface area contributed by atoms with Gasteiger partial charge in [-0.15, -0.1) is 0 Å². The third kappa shape index (κ3) is 4.91. The van der Waals surface area contributed by atoms with Gasteiger partial charge in [-0.2, -0.15) is 5.10 Å². The van der Waals surface area contributed by atoms with E-state index in [1.807, 2.05) is 36.1 Å². The number of aryl methyl sites for hydroxylation is 1. The van der Waals surface area contributed by atoms with Gasteiger partial charge in [0.15, 0.2) is 0 Å². The Morgan fingerprint density at radius 3 is 2.56 bits per heavy atom. The number of ether oxygens (including phenoxy) is 3. The Bertz CT molecular complexity index is 1080. The molecule has 0 atom stereocenters. The number of hydrogen-bond donors (Lipinski definition) is 0. The van der Waals surface area contributed by atoms with Gasteiger partial charge >= 0.3 is 0 Å². The van der Waals surface area contributed by atoms with Gasteiger partial charge < -0.3 is 19.1 Å². The van der Waals surface area contributed by atoms with E-state index in [4.69, 9.17) is 14.2 Å². The molecule has 0 N–H and O–H groups in total. The van der Waals surface area contributed by atoms with Crippen molar-refractivity contribution in [2.24, 2.45) is 0 Å². The van der Waals surface area contributed by atoms with Gasteiger partial charge in [-0.3, -0.25) is 4.79 Å². The zero-order chi connectivity index (χ0) is 22.5. The first-order valence-corrected chi connectivity index (χ1v) is 10.6. The van der Waals surface area contributed by atoms with E-state index >= 15 is 0 Å². The molecule has 0 spiro atoms. The number of halogens is 1. The molecule has 2 heterocycles. The SMILES string of the molecule is COc1ccc(-n2nc(C)c(CCC(=O)N3CCOCC3)c2Oc2cccc(F)c2)cc1. The lowest BCUT2D eigenvalue weighted by molar-refractivity contribution is -0.135. The lowest BCUT2D eigenvalue weighted by Gasteiger charge is -2.26. The molecule has 0 bridgehead atoms. The summed E-state index contributed by atoms with van der Waals surface area (Å²) in [5, 5.41) is 4.66. The molecule has 4 rings (SSSR count). The number of rotatable bonds is 7. The van der Waals surface area contributed by atoms with E-state index in [0.29, 0.717) is 50.8 Å². The Hall–Kier alpha value is -3.39. The van der Waals surface area contributed by atoms with Gasteiger partial charge in [0.2, 0.25) is 11.8 Å². The molecule has 168 valence electrons. The van der Waals surface area contributed by atoms with Crippen molar-refractivity contribution in [1.29, 1.82) is 0 Å². The summed E-state index contributed by atoms with van der Waals surface area (Å²) in [5.74, 6) is 1.23. The van der Waals surface area contributed by atoms with Crippen LogP contribution >= 0.6 is 0 Å². The van der Waals surface area contributed by atoms with Gasteiger partial charge in [-0.25, -0.2) is 9.07 Å². The molecule has 1 fully saturated rings. The summed E-state index contributed by atoms with van der Waals surface area (Å²) in [6.45, 7) is 4.22. The Kier molecular flexibility index (Phi) is 6.70. The zero-order valence-corrected chi connectivity index (χ0v) is 18.2. The fraction of sp³-hybridized carbons (Fsp3) is 0.333. The molecular formula is C24H26FN3O4. The van der Waals surface area contributed by atoms with Crippen LogP contribution in [-0.2, 0) is 16.0 Å². The summed E-state index contributed by atoms with van der Waals surface area (Å²) in [4.78, 5) is 14.5. The topological polar surface area (TPSA) is 65.8 Å². The van der Waals surface area contributed by atoms with Crippen molar-refractivity contribution in [2.75, 3.05) is 33.4 Å². The van der Waals surface area contributed by atoms with Crippen molar-refractivity contribution in [2.45, 2.75) is 19.8 Å². The average molecular weight is 439 g/mol. The standard InChI is InChI=1S/C24H26FN3O4/c1-17-22(10-11-23(29)27-12-14-31-15-13-27)24(32-21-5-3-4-18(25)16-21)28(26-17)19-6-8-20(30-2)9-7-19/h3-9,16H,10-15H2,1-2H3. The Morgan fingerprint density at radius 1 is 1.12 bits per heavy atom. The molecule has 1 aliphatic heterocycles. The third-order valence-electron chi connectivity index (χ3n) is 5.42. The molecular weight excluding hydrogens is 413 g/mol. The molecule has 32 heavy (non-hydrogen) atoms. The van der Waals surface area contributed by atoms with E-state index in [1.165, 1.54) is 12.1 Å². The van der Waals surface area contributed by atoms with Gasteiger partial charge in [0, 0.05) is 31.1 Å². The van der Waals surface area contributed by atoms with E-state index in [2.05, 4.69) is 5.10 Å². The molecule has 7 nitrogen and oxygen atoms in total. The second kappa shape index (κ2) is 9.82. The lowest BCUT2D eigenvalue weighted by atomic mass is 10.1. The van der Waals surface area contributed by atoms with Gasteiger partial charge in [0.1, 0.15) is 17.3 Å². The summed E-state index contributed by atoms with van der Waals surface area (Å²) < 4.78 is 32.1. The van der Waals surface area contributed by atoms with Crippen LogP contribution in [0.5, 0.6) is 17.4 Å². The maximum absolute atomic E-state index is 13.8. The molecule has 8 heteroatoms. The van der Waals surface area contributed by atoms with Crippen LogP contribution in [0.1, 0.15) is 17.7 Å². The Labute approximate surface area is 186 Å². The summed E-state index contributed by atoms with van der Waals surface area (Å²) in [6, 6.07) is 13.4. The largest absolute Gasteiger partial charge is 0.497 e. The van der Waals surface area contributed by atoms with Gasteiger partial charge in [-0.05, 0) is 49.7 Å². The number of amides is 1.